The number of rotatable bonds is 11. The predicted octanol–water partition coefficient (Wildman–Crippen LogP) is 3.46. The Hall–Kier alpha value is -4.01. The normalized spacial score (nSPS) is 10.6. The summed E-state index contributed by atoms with van der Waals surface area (Å²) in [5, 5.41) is 8.25. The minimum atomic E-state index is -0.732. The van der Waals surface area contributed by atoms with Gasteiger partial charge in [0.2, 0.25) is 5.91 Å². The quantitative estimate of drug-likeness (QED) is 0.313. The molecule has 4 amide bonds. The van der Waals surface area contributed by atoms with E-state index >= 15 is 0 Å². The van der Waals surface area contributed by atoms with Gasteiger partial charge in [-0.25, -0.2) is 4.79 Å². The number of para-hydroxylation sites is 1. The van der Waals surface area contributed by atoms with Crippen LogP contribution in [0.1, 0.15) is 40.9 Å². The molecule has 3 rings (SSSR count). The molecule has 0 spiro atoms. The molecule has 0 unspecified atom stereocenters. The number of nitrogens with one attached hydrogen (secondary N) is 4. The highest BCUT2D eigenvalue weighted by atomic mass is 16.5. The summed E-state index contributed by atoms with van der Waals surface area (Å²) >= 11 is 0. The lowest BCUT2D eigenvalue weighted by Crippen LogP contribution is -2.44. The molecule has 0 saturated heterocycles. The van der Waals surface area contributed by atoms with Crippen LogP contribution in [0.3, 0.4) is 0 Å². The molecular weight excluding hydrogens is 448 g/mol. The number of carbonyl (C=O) groups is 3. The number of carbonyl (C=O) groups excluding carboxylic acids is 3. The molecule has 1 aromatic heterocycles. The Morgan fingerprint density at radius 1 is 0.914 bits per heavy atom. The molecule has 9 heteroatoms. The van der Waals surface area contributed by atoms with Gasteiger partial charge in [-0.1, -0.05) is 24.6 Å². The summed E-state index contributed by atoms with van der Waals surface area (Å²) in [5.74, 6) is 0.756. The maximum Gasteiger partial charge on any atom is 0.322 e. The van der Waals surface area contributed by atoms with Gasteiger partial charge in [-0.2, -0.15) is 0 Å². The summed E-state index contributed by atoms with van der Waals surface area (Å²) in [6, 6.07) is 12.3. The van der Waals surface area contributed by atoms with Gasteiger partial charge in [0.15, 0.2) is 0 Å². The number of aryl methyl sites for hydroxylation is 1. The molecule has 0 aliphatic heterocycles. The smallest absolute Gasteiger partial charge is 0.322 e. The highest BCUT2D eigenvalue weighted by Gasteiger charge is 2.14. The van der Waals surface area contributed by atoms with E-state index in [0.717, 1.165) is 59.2 Å². The van der Waals surface area contributed by atoms with Gasteiger partial charge in [0, 0.05) is 23.0 Å². The van der Waals surface area contributed by atoms with Gasteiger partial charge in [0.05, 0.1) is 20.8 Å². The van der Waals surface area contributed by atoms with E-state index in [0.29, 0.717) is 6.54 Å². The molecule has 0 aliphatic rings. The van der Waals surface area contributed by atoms with E-state index in [2.05, 4.69) is 20.9 Å². The second-order valence-corrected chi connectivity index (χ2v) is 8.22. The number of ether oxygens (including phenoxy) is 2. The Morgan fingerprint density at radius 3 is 2.31 bits per heavy atom. The van der Waals surface area contributed by atoms with Crippen LogP contribution in [0.4, 0.5) is 4.79 Å². The lowest BCUT2D eigenvalue weighted by Gasteiger charge is -2.14. The van der Waals surface area contributed by atoms with Crippen LogP contribution in [0.25, 0.3) is 10.9 Å². The van der Waals surface area contributed by atoms with Crippen LogP contribution in [0, 0.1) is 6.92 Å². The molecule has 0 radical (unpaired) electrons. The first-order chi connectivity index (χ1) is 16.9. The Labute approximate surface area is 204 Å². The van der Waals surface area contributed by atoms with E-state index in [4.69, 9.17) is 9.47 Å². The van der Waals surface area contributed by atoms with E-state index in [1.165, 1.54) is 0 Å². The van der Waals surface area contributed by atoms with Gasteiger partial charge >= 0.3 is 6.03 Å². The number of hydrogen-bond acceptors (Lipinski definition) is 5. The van der Waals surface area contributed by atoms with Gasteiger partial charge in [-0.05, 0) is 56.0 Å². The Bertz CT molecular complexity index is 1130. The standard InChI is InChI=1S/C26H32N4O5/c1-17-13-22(34-2)19(23(14-17)35-3)10-5-4-8-12-27-24(31)16-28-26(33)30-25(32)21-15-18-9-6-7-11-20(18)29-21/h6-7,9,11,13-15,29H,4-5,8,10,12,16H2,1-3H3,(H,27,31)(H2,28,30,32,33). The van der Waals surface area contributed by atoms with Crippen molar-refractivity contribution in [1.82, 2.24) is 20.9 Å². The van der Waals surface area contributed by atoms with Gasteiger partial charge in [-0.3, -0.25) is 14.9 Å². The van der Waals surface area contributed by atoms with Crippen LogP contribution < -0.4 is 25.4 Å². The molecule has 0 bridgehead atoms. The summed E-state index contributed by atoms with van der Waals surface area (Å²) in [4.78, 5) is 39.1. The zero-order chi connectivity index (χ0) is 25.2. The van der Waals surface area contributed by atoms with Crippen molar-refractivity contribution in [3.05, 3.63) is 59.3 Å². The molecule has 3 aromatic rings. The highest BCUT2D eigenvalue weighted by molar-refractivity contribution is 6.06. The van der Waals surface area contributed by atoms with Crippen molar-refractivity contribution >= 4 is 28.7 Å². The first kappa shape index (κ1) is 25.6. The number of imide groups is 1. The molecule has 9 nitrogen and oxygen atoms in total. The van der Waals surface area contributed by atoms with Gasteiger partial charge in [0.25, 0.3) is 5.91 Å². The van der Waals surface area contributed by atoms with E-state index < -0.39 is 11.9 Å². The number of amides is 4. The van der Waals surface area contributed by atoms with Crippen molar-refractivity contribution in [3.8, 4) is 11.5 Å². The van der Waals surface area contributed by atoms with Gasteiger partial charge in [-0.15, -0.1) is 0 Å². The fourth-order valence-electron chi connectivity index (χ4n) is 3.83. The molecule has 35 heavy (non-hydrogen) atoms. The third-order valence-corrected chi connectivity index (χ3v) is 5.59. The summed E-state index contributed by atoms with van der Waals surface area (Å²) in [5.41, 5.74) is 3.19. The average molecular weight is 481 g/mol. The average Bonchev–Trinajstić information content (AvgIpc) is 3.29. The van der Waals surface area contributed by atoms with Crippen LogP contribution in [0.5, 0.6) is 11.5 Å². The van der Waals surface area contributed by atoms with E-state index in [-0.39, 0.29) is 18.1 Å². The number of methoxy groups -OCH3 is 2. The van der Waals surface area contributed by atoms with E-state index in [1.54, 1.807) is 20.3 Å². The zero-order valence-electron chi connectivity index (χ0n) is 20.3. The van der Waals surface area contributed by atoms with Crippen molar-refractivity contribution in [2.75, 3.05) is 27.3 Å². The van der Waals surface area contributed by atoms with Crippen LogP contribution in [0.2, 0.25) is 0 Å². The number of benzene rings is 2. The van der Waals surface area contributed by atoms with E-state index in [9.17, 15) is 14.4 Å². The van der Waals surface area contributed by atoms with Crippen LogP contribution in [-0.4, -0.2) is 50.1 Å². The lowest BCUT2D eigenvalue weighted by molar-refractivity contribution is -0.120. The third-order valence-electron chi connectivity index (χ3n) is 5.59. The number of hydrogen-bond donors (Lipinski definition) is 4. The largest absolute Gasteiger partial charge is 0.496 e. The molecule has 186 valence electrons. The van der Waals surface area contributed by atoms with Crippen molar-refractivity contribution in [2.45, 2.75) is 32.6 Å². The molecule has 0 atom stereocenters. The number of fused-ring (bicyclic) bond motifs is 1. The lowest BCUT2D eigenvalue weighted by atomic mass is 10.0. The first-order valence-electron chi connectivity index (χ1n) is 11.6. The maximum atomic E-state index is 12.2. The SMILES string of the molecule is COc1cc(C)cc(OC)c1CCCCCNC(=O)CNC(=O)NC(=O)c1cc2ccccc2[nH]1. The zero-order valence-corrected chi connectivity index (χ0v) is 20.3. The van der Waals surface area contributed by atoms with Crippen molar-refractivity contribution in [3.63, 3.8) is 0 Å². The molecule has 1 heterocycles. The Morgan fingerprint density at radius 2 is 1.63 bits per heavy atom. The fourth-order valence-corrected chi connectivity index (χ4v) is 3.83. The fraction of sp³-hybridized carbons (Fsp3) is 0.346. The number of aromatic nitrogens is 1. The number of aromatic amines is 1. The Balaban J connectivity index is 1.31. The van der Waals surface area contributed by atoms with Crippen LogP contribution in [-0.2, 0) is 11.2 Å². The minimum Gasteiger partial charge on any atom is -0.496 e. The molecular formula is C26H32N4O5. The summed E-state index contributed by atoms with van der Waals surface area (Å²) in [6.07, 6.45) is 3.44. The van der Waals surface area contributed by atoms with Crippen molar-refractivity contribution in [1.29, 1.82) is 0 Å². The highest BCUT2D eigenvalue weighted by Crippen LogP contribution is 2.31. The van der Waals surface area contributed by atoms with Crippen LogP contribution in [0.15, 0.2) is 42.5 Å². The van der Waals surface area contributed by atoms with E-state index in [1.807, 2.05) is 43.3 Å². The summed E-state index contributed by atoms with van der Waals surface area (Å²) in [6.45, 7) is 2.28. The topological polar surface area (TPSA) is 122 Å². The number of H-pyrrole nitrogens is 1. The molecule has 4 N–H and O–H groups in total. The first-order valence-corrected chi connectivity index (χ1v) is 11.6. The molecule has 0 aliphatic carbocycles. The van der Waals surface area contributed by atoms with Gasteiger partial charge in [0.1, 0.15) is 17.2 Å². The number of urea groups is 1. The second kappa shape index (κ2) is 12.5. The molecule has 2 aromatic carbocycles. The maximum absolute atomic E-state index is 12.2. The van der Waals surface area contributed by atoms with Crippen molar-refractivity contribution < 1.29 is 23.9 Å². The second-order valence-electron chi connectivity index (χ2n) is 8.22. The summed E-state index contributed by atoms with van der Waals surface area (Å²) < 4.78 is 11.0. The molecule has 0 fully saturated rings. The summed E-state index contributed by atoms with van der Waals surface area (Å²) in [7, 11) is 3.30. The third kappa shape index (κ3) is 7.23. The van der Waals surface area contributed by atoms with Gasteiger partial charge < -0.3 is 25.1 Å². The predicted molar refractivity (Wildman–Crippen MR) is 134 cm³/mol. The van der Waals surface area contributed by atoms with Crippen LogP contribution >= 0.6 is 0 Å². The number of unbranched alkanes of at least 4 members (excludes halogenated alkanes) is 2. The van der Waals surface area contributed by atoms with Crippen molar-refractivity contribution in [2.24, 2.45) is 0 Å². The molecule has 0 saturated carbocycles. The minimum absolute atomic E-state index is 0.219. The Kier molecular flexibility index (Phi) is 9.11. The monoisotopic (exact) mass is 480 g/mol.